The van der Waals surface area contributed by atoms with E-state index in [1.165, 1.54) is 17.0 Å². The van der Waals surface area contributed by atoms with Gasteiger partial charge in [-0.15, -0.1) is 0 Å². The zero-order valence-electron chi connectivity index (χ0n) is 24.0. The molecule has 9 nitrogen and oxygen atoms in total. The average Bonchev–Trinajstić information content (AvgIpc) is 3.00. The van der Waals surface area contributed by atoms with Crippen molar-refractivity contribution in [2.75, 3.05) is 24.1 Å². The van der Waals surface area contributed by atoms with Gasteiger partial charge in [-0.3, -0.25) is 13.9 Å². The predicted octanol–water partition coefficient (Wildman–Crippen LogP) is 5.03. The number of sulfonamides is 1. The van der Waals surface area contributed by atoms with Crippen molar-refractivity contribution < 1.29 is 27.5 Å². The maximum absolute atomic E-state index is 14.2. The van der Waals surface area contributed by atoms with Gasteiger partial charge in [-0.2, -0.15) is 0 Å². The monoisotopic (exact) mass is 613 g/mol. The van der Waals surface area contributed by atoms with Gasteiger partial charge in [-0.25, -0.2) is 8.42 Å². The van der Waals surface area contributed by atoms with Gasteiger partial charge in [-0.05, 0) is 61.7 Å². The zero-order chi connectivity index (χ0) is 30.3. The number of rotatable bonds is 12. The smallest absolute Gasteiger partial charge is 0.264 e. The molecule has 4 rings (SSSR count). The van der Waals surface area contributed by atoms with Crippen LogP contribution in [0.3, 0.4) is 0 Å². The van der Waals surface area contributed by atoms with Gasteiger partial charge < -0.3 is 19.7 Å². The lowest BCUT2D eigenvalue weighted by Crippen LogP contribution is -2.53. The third-order valence-corrected chi connectivity index (χ3v) is 9.12. The summed E-state index contributed by atoms with van der Waals surface area (Å²) in [5, 5.41) is 3.51. The van der Waals surface area contributed by atoms with Crippen LogP contribution in [0.4, 0.5) is 5.69 Å². The summed E-state index contributed by atoms with van der Waals surface area (Å²) < 4.78 is 40.4. The number of fused-ring (bicyclic) bond motifs is 1. The molecule has 0 unspecified atom stereocenters. The third kappa shape index (κ3) is 7.35. The SMILES string of the molecule is CC[C@@H](C)NC(=O)[C@H](CC)N(Cc1ccc(Cl)cc1)C(=O)CN(c1ccc2c(c1)OCCO2)S(=O)(=O)c1ccccc1. The highest BCUT2D eigenvalue weighted by Gasteiger charge is 2.34. The molecular formula is C31H36ClN3O6S. The first-order valence-corrected chi connectivity index (χ1v) is 15.8. The van der Waals surface area contributed by atoms with E-state index in [2.05, 4.69) is 5.32 Å². The Labute approximate surface area is 252 Å². The molecule has 0 spiro atoms. The number of amides is 2. The van der Waals surface area contributed by atoms with E-state index in [9.17, 15) is 18.0 Å². The topological polar surface area (TPSA) is 105 Å². The van der Waals surface area contributed by atoms with Crippen LogP contribution in [0.15, 0.2) is 77.7 Å². The first-order valence-electron chi connectivity index (χ1n) is 14.0. The quantitative estimate of drug-likeness (QED) is 0.307. The number of halogens is 1. The maximum atomic E-state index is 14.2. The van der Waals surface area contributed by atoms with Crippen LogP contribution < -0.4 is 19.1 Å². The highest BCUT2D eigenvalue weighted by molar-refractivity contribution is 7.92. The second kappa shape index (κ2) is 13.9. The number of hydrogen-bond donors (Lipinski definition) is 1. The first kappa shape index (κ1) is 31.2. The molecule has 2 amide bonds. The zero-order valence-corrected chi connectivity index (χ0v) is 25.5. The molecule has 0 saturated carbocycles. The number of nitrogens with zero attached hydrogens (tertiary/aromatic N) is 2. The lowest BCUT2D eigenvalue weighted by molar-refractivity contribution is -0.140. The molecule has 2 atom stereocenters. The molecule has 0 bridgehead atoms. The van der Waals surface area contributed by atoms with Gasteiger partial charge in [0.2, 0.25) is 11.8 Å². The van der Waals surface area contributed by atoms with E-state index in [0.29, 0.717) is 36.2 Å². The van der Waals surface area contributed by atoms with Crippen molar-refractivity contribution in [3.05, 3.63) is 83.4 Å². The number of benzene rings is 3. The van der Waals surface area contributed by atoms with Gasteiger partial charge in [-0.1, -0.05) is 55.8 Å². The molecular weight excluding hydrogens is 578 g/mol. The molecule has 0 fully saturated rings. The normalized spacial score (nSPS) is 14.0. The molecule has 0 saturated heterocycles. The van der Waals surface area contributed by atoms with Gasteiger partial charge in [0, 0.05) is 23.7 Å². The molecule has 1 heterocycles. The molecule has 42 heavy (non-hydrogen) atoms. The van der Waals surface area contributed by atoms with E-state index < -0.39 is 28.5 Å². The minimum absolute atomic E-state index is 0.0264. The minimum atomic E-state index is -4.19. The highest BCUT2D eigenvalue weighted by atomic mass is 35.5. The fourth-order valence-corrected chi connectivity index (χ4v) is 6.14. The third-order valence-electron chi connectivity index (χ3n) is 7.08. The van der Waals surface area contributed by atoms with Crippen molar-refractivity contribution in [2.45, 2.75) is 57.1 Å². The second-order valence-electron chi connectivity index (χ2n) is 10.0. The van der Waals surface area contributed by atoms with Crippen LogP contribution in [0.2, 0.25) is 5.02 Å². The Kier molecular flexibility index (Phi) is 10.3. The summed E-state index contributed by atoms with van der Waals surface area (Å²) in [6.07, 6.45) is 1.05. The summed E-state index contributed by atoms with van der Waals surface area (Å²) in [7, 11) is -4.19. The van der Waals surface area contributed by atoms with Gasteiger partial charge in [0.15, 0.2) is 11.5 Å². The summed E-state index contributed by atoms with van der Waals surface area (Å²) >= 11 is 6.08. The molecule has 3 aromatic rings. The van der Waals surface area contributed by atoms with Crippen molar-refractivity contribution in [3.8, 4) is 11.5 Å². The van der Waals surface area contributed by atoms with E-state index >= 15 is 0 Å². The molecule has 224 valence electrons. The van der Waals surface area contributed by atoms with Crippen LogP contribution in [0.5, 0.6) is 11.5 Å². The van der Waals surface area contributed by atoms with Crippen LogP contribution in [-0.2, 0) is 26.2 Å². The molecule has 11 heteroatoms. The minimum Gasteiger partial charge on any atom is -0.486 e. The summed E-state index contributed by atoms with van der Waals surface area (Å²) in [6.45, 7) is 5.92. The molecule has 3 aromatic carbocycles. The van der Waals surface area contributed by atoms with E-state index in [1.54, 1.807) is 60.7 Å². The standard InChI is InChI=1S/C31H36ClN3O6S/c1-4-22(3)33-31(37)27(5-2)34(20-23-11-13-24(32)14-12-23)30(36)21-35(42(38,39)26-9-7-6-8-10-26)25-15-16-28-29(19-25)41-18-17-40-28/h6-16,19,22,27H,4-5,17-18,20-21H2,1-3H3,(H,33,37)/t22-,27+/m1/s1. The van der Waals surface area contributed by atoms with Crippen LogP contribution >= 0.6 is 11.6 Å². The van der Waals surface area contributed by atoms with Gasteiger partial charge in [0.1, 0.15) is 25.8 Å². The van der Waals surface area contributed by atoms with Crippen LogP contribution in [0.1, 0.15) is 39.2 Å². The van der Waals surface area contributed by atoms with Crippen molar-refractivity contribution in [2.24, 2.45) is 0 Å². The van der Waals surface area contributed by atoms with Crippen molar-refractivity contribution >= 4 is 39.1 Å². The van der Waals surface area contributed by atoms with Crippen molar-refractivity contribution in [3.63, 3.8) is 0 Å². The lowest BCUT2D eigenvalue weighted by atomic mass is 10.1. The first-order chi connectivity index (χ1) is 20.1. The largest absolute Gasteiger partial charge is 0.486 e. The van der Waals surface area contributed by atoms with E-state index in [-0.39, 0.29) is 29.1 Å². The van der Waals surface area contributed by atoms with E-state index in [1.807, 2.05) is 20.8 Å². The number of ether oxygens (including phenoxy) is 2. The number of anilines is 1. The molecule has 1 N–H and O–H groups in total. The summed E-state index contributed by atoms with van der Waals surface area (Å²) in [5.74, 6) is 0.0406. The maximum Gasteiger partial charge on any atom is 0.264 e. The van der Waals surface area contributed by atoms with Crippen molar-refractivity contribution in [1.29, 1.82) is 0 Å². The summed E-state index contributed by atoms with van der Waals surface area (Å²) in [4.78, 5) is 29.0. The Morgan fingerprint density at radius 1 is 0.929 bits per heavy atom. The van der Waals surface area contributed by atoms with E-state index in [4.69, 9.17) is 21.1 Å². The van der Waals surface area contributed by atoms with Crippen LogP contribution in [0.25, 0.3) is 0 Å². The van der Waals surface area contributed by atoms with Crippen LogP contribution in [-0.4, -0.2) is 57.0 Å². The fraction of sp³-hybridized carbons (Fsp3) is 0.355. The second-order valence-corrected chi connectivity index (χ2v) is 12.3. The Hall–Kier alpha value is -3.76. The van der Waals surface area contributed by atoms with Crippen molar-refractivity contribution in [1.82, 2.24) is 10.2 Å². The van der Waals surface area contributed by atoms with E-state index in [0.717, 1.165) is 16.3 Å². The molecule has 0 aliphatic carbocycles. The predicted molar refractivity (Wildman–Crippen MR) is 162 cm³/mol. The fourth-order valence-electron chi connectivity index (χ4n) is 4.58. The van der Waals surface area contributed by atoms with Gasteiger partial charge >= 0.3 is 0 Å². The Bertz CT molecular complexity index is 1480. The molecule has 1 aliphatic heterocycles. The lowest BCUT2D eigenvalue weighted by Gasteiger charge is -2.34. The van der Waals surface area contributed by atoms with Gasteiger partial charge in [0.25, 0.3) is 10.0 Å². The Morgan fingerprint density at radius 2 is 1.60 bits per heavy atom. The summed E-state index contributed by atoms with van der Waals surface area (Å²) in [6, 6.07) is 18.7. The average molecular weight is 614 g/mol. The number of carbonyl (C=O) groups is 2. The Balaban J connectivity index is 1.75. The molecule has 1 aliphatic rings. The summed E-state index contributed by atoms with van der Waals surface area (Å²) in [5.41, 5.74) is 0.985. The van der Waals surface area contributed by atoms with Gasteiger partial charge in [0.05, 0.1) is 10.6 Å². The molecule has 0 aromatic heterocycles. The number of nitrogens with one attached hydrogen (secondary N) is 1. The highest BCUT2D eigenvalue weighted by Crippen LogP contribution is 2.36. The number of carbonyl (C=O) groups excluding carboxylic acids is 2. The number of hydrogen-bond acceptors (Lipinski definition) is 6. The molecule has 0 radical (unpaired) electrons. The Morgan fingerprint density at radius 3 is 2.24 bits per heavy atom. The van der Waals surface area contributed by atoms with Crippen LogP contribution in [0, 0.1) is 0 Å².